The highest BCUT2D eigenvalue weighted by Gasteiger charge is 2.30. The number of hydrogen-bond acceptors (Lipinski definition) is 4. The molecule has 34 heavy (non-hydrogen) atoms. The molecule has 1 atom stereocenters. The third-order valence-electron chi connectivity index (χ3n) is 6.16. The Labute approximate surface area is 193 Å². The number of fused-ring (bicyclic) bond motifs is 1. The zero-order chi connectivity index (χ0) is 23.8. The first-order valence-corrected chi connectivity index (χ1v) is 11.0. The second kappa shape index (κ2) is 8.81. The maximum atomic E-state index is 13.6. The normalized spacial score (nSPS) is 17.0. The van der Waals surface area contributed by atoms with Gasteiger partial charge in [-0.3, -0.25) is 9.59 Å². The van der Waals surface area contributed by atoms with E-state index in [0.29, 0.717) is 42.9 Å². The van der Waals surface area contributed by atoms with Gasteiger partial charge in [-0.1, -0.05) is 6.07 Å². The van der Waals surface area contributed by atoms with Gasteiger partial charge in [-0.2, -0.15) is 0 Å². The van der Waals surface area contributed by atoms with Crippen LogP contribution in [-0.4, -0.2) is 35.9 Å². The fourth-order valence-electron chi connectivity index (χ4n) is 4.52. The van der Waals surface area contributed by atoms with Crippen molar-refractivity contribution < 1.29 is 22.8 Å². The third kappa shape index (κ3) is 4.09. The van der Waals surface area contributed by atoms with Crippen molar-refractivity contribution in [1.29, 1.82) is 0 Å². The van der Waals surface area contributed by atoms with Gasteiger partial charge >= 0.3 is 0 Å². The molecule has 174 valence electrons. The van der Waals surface area contributed by atoms with Gasteiger partial charge in [0.25, 0.3) is 5.91 Å². The first-order valence-electron chi connectivity index (χ1n) is 11.0. The Morgan fingerprint density at radius 2 is 1.91 bits per heavy atom. The van der Waals surface area contributed by atoms with Crippen LogP contribution in [0.25, 0.3) is 0 Å². The summed E-state index contributed by atoms with van der Waals surface area (Å²) in [6.45, 7) is 1.14. The first-order chi connectivity index (χ1) is 16.4. The van der Waals surface area contributed by atoms with Gasteiger partial charge in [-0.15, -0.1) is 0 Å². The standard InChI is InChI=1S/C25H21F3N4O2/c26-18-11-15(12-19(27)23(18)28)10-14-4-7-29-22(13-14)32-9-6-16-17(2-1-3-21(16)32)24(33)31-20-5-8-30-25(20)34/h1-4,7,11-13,20H,5-6,8-10H2,(H,30,34)(H,31,33)/t20-/m0/s1. The van der Waals surface area contributed by atoms with Crippen molar-refractivity contribution >= 4 is 23.3 Å². The number of carbonyl (C=O) groups excluding carboxylic acids is 2. The molecule has 1 aromatic heterocycles. The molecule has 1 saturated heterocycles. The highest BCUT2D eigenvalue weighted by molar-refractivity contribution is 6.00. The molecule has 0 radical (unpaired) electrons. The van der Waals surface area contributed by atoms with E-state index < -0.39 is 23.5 Å². The summed E-state index contributed by atoms with van der Waals surface area (Å²) in [6, 6.07) is 10.4. The molecule has 6 nitrogen and oxygen atoms in total. The minimum absolute atomic E-state index is 0.176. The van der Waals surface area contributed by atoms with Crippen LogP contribution in [0, 0.1) is 17.5 Å². The summed E-state index contributed by atoms with van der Waals surface area (Å²) in [6.07, 6.45) is 2.99. The number of anilines is 2. The zero-order valence-electron chi connectivity index (χ0n) is 18.1. The molecule has 1 fully saturated rings. The topological polar surface area (TPSA) is 74.3 Å². The van der Waals surface area contributed by atoms with Gasteiger partial charge in [-0.05, 0) is 72.4 Å². The molecule has 0 saturated carbocycles. The van der Waals surface area contributed by atoms with Crippen LogP contribution in [0.4, 0.5) is 24.7 Å². The van der Waals surface area contributed by atoms with Gasteiger partial charge in [0.05, 0.1) is 0 Å². The maximum Gasteiger partial charge on any atom is 0.252 e. The van der Waals surface area contributed by atoms with Crippen LogP contribution in [-0.2, 0) is 17.6 Å². The lowest BCUT2D eigenvalue weighted by atomic mass is 10.0. The van der Waals surface area contributed by atoms with E-state index in [4.69, 9.17) is 0 Å². The molecule has 5 rings (SSSR count). The Morgan fingerprint density at radius 3 is 2.65 bits per heavy atom. The number of nitrogens with zero attached hydrogens (tertiary/aromatic N) is 2. The van der Waals surface area contributed by atoms with E-state index in [0.717, 1.165) is 28.9 Å². The van der Waals surface area contributed by atoms with E-state index in [9.17, 15) is 22.8 Å². The van der Waals surface area contributed by atoms with E-state index >= 15 is 0 Å². The van der Waals surface area contributed by atoms with Crippen LogP contribution in [0.1, 0.15) is 33.5 Å². The van der Waals surface area contributed by atoms with Crippen LogP contribution in [0.2, 0.25) is 0 Å². The van der Waals surface area contributed by atoms with E-state index in [1.54, 1.807) is 24.4 Å². The summed E-state index contributed by atoms with van der Waals surface area (Å²) in [7, 11) is 0. The minimum Gasteiger partial charge on any atom is -0.354 e. The molecule has 0 spiro atoms. The lowest BCUT2D eigenvalue weighted by Gasteiger charge is -2.20. The average molecular weight is 466 g/mol. The largest absolute Gasteiger partial charge is 0.354 e. The van der Waals surface area contributed by atoms with Gasteiger partial charge in [0.1, 0.15) is 11.9 Å². The SMILES string of the molecule is O=C(N[C@H]1CCNC1=O)c1cccc2c1CCN2c1cc(Cc2cc(F)c(F)c(F)c2)ccn1. The van der Waals surface area contributed by atoms with Crippen molar-refractivity contribution in [3.8, 4) is 0 Å². The van der Waals surface area contributed by atoms with Gasteiger partial charge in [0.2, 0.25) is 5.91 Å². The quantitative estimate of drug-likeness (QED) is 0.566. The average Bonchev–Trinajstić information content (AvgIpc) is 3.43. The van der Waals surface area contributed by atoms with Crippen LogP contribution in [0.15, 0.2) is 48.7 Å². The lowest BCUT2D eigenvalue weighted by Crippen LogP contribution is -2.40. The summed E-state index contributed by atoms with van der Waals surface area (Å²) in [4.78, 5) is 31.1. The molecule has 9 heteroatoms. The van der Waals surface area contributed by atoms with Crippen molar-refractivity contribution in [2.24, 2.45) is 0 Å². The number of aromatic nitrogens is 1. The zero-order valence-corrected chi connectivity index (χ0v) is 18.1. The molecule has 0 bridgehead atoms. The Balaban J connectivity index is 1.38. The third-order valence-corrected chi connectivity index (χ3v) is 6.16. The van der Waals surface area contributed by atoms with E-state index in [-0.39, 0.29) is 18.2 Å². The summed E-state index contributed by atoms with van der Waals surface area (Å²) in [5.41, 5.74) is 3.30. The van der Waals surface area contributed by atoms with Crippen LogP contribution in [0.3, 0.4) is 0 Å². The second-order valence-corrected chi connectivity index (χ2v) is 8.38. The van der Waals surface area contributed by atoms with Crippen molar-refractivity contribution in [3.63, 3.8) is 0 Å². The van der Waals surface area contributed by atoms with Gasteiger partial charge in [-0.25, -0.2) is 18.2 Å². The molecule has 2 amide bonds. The van der Waals surface area contributed by atoms with Crippen molar-refractivity contribution in [3.05, 3.63) is 88.4 Å². The number of rotatable bonds is 5. The minimum atomic E-state index is -1.48. The molecule has 2 aliphatic heterocycles. The summed E-state index contributed by atoms with van der Waals surface area (Å²) in [5, 5.41) is 5.51. The number of hydrogen-bond donors (Lipinski definition) is 2. The fourth-order valence-corrected chi connectivity index (χ4v) is 4.52. The van der Waals surface area contributed by atoms with E-state index in [2.05, 4.69) is 15.6 Å². The van der Waals surface area contributed by atoms with Crippen LogP contribution >= 0.6 is 0 Å². The molecular formula is C25H21F3N4O2. The molecule has 2 N–H and O–H groups in total. The number of amides is 2. The Kier molecular flexibility index (Phi) is 5.69. The number of pyridine rings is 1. The predicted octanol–water partition coefficient (Wildman–Crippen LogP) is 3.40. The lowest BCUT2D eigenvalue weighted by molar-refractivity contribution is -0.120. The highest BCUT2D eigenvalue weighted by atomic mass is 19.2. The fraction of sp³-hybridized carbons (Fsp3) is 0.240. The van der Waals surface area contributed by atoms with Gasteiger partial charge < -0.3 is 15.5 Å². The number of halogens is 3. The smallest absolute Gasteiger partial charge is 0.252 e. The number of benzene rings is 2. The van der Waals surface area contributed by atoms with Gasteiger partial charge in [0.15, 0.2) is 17.5 Å². The van der Waals surface area contributed by atoms with Crippen LogP contribution < -0.4 is 15.5 Å². The molecule has 2 aromatic carbocycles. The second-order valence-electron chi connectivity index (χ2n) is 8.38. The maximum absolute atomic E-state index is 13.6. The molecule has 3 aromatic rings. The Morgan fingerprint density at radius 1 is 1.12 bits per heavy atom. The molecule has 0 aliphatic carbocycles. The molecule has 3 heterocycles. The summed E-state index contributed by atoms with van der Waals surface area (Å²) in [5.74, 6) is -3.77. The highest BCUT2D eigenvalue weighted by Crippen LogP contribution is 2.36. The molecule has 2 aliphatic rings. The number of carbonyl (C=O) groups is 2. The molecular weight excluding hydrogens is 445 g/mol. The van der Waals surface area contributed by atoms with Crippen molar-refractivity contribution in [2.45, 2.75) is 25.3 Å². The van der Waals surface area contributed by atoms with Crippen molar-refractivity contribution in [2.75, 3.05) is 18.0 Å². The monoisotopic (exact) mass is 466 g/mol. The molecule has 0 unspecified atom stereocenters. The first kappa shape index (κ1) is 21.9. The predicted molar refractivity (Wildman–Crippen MR) is 119 cm³/mol. The van der Waals surface area contributed by atoms with Crippen molar-refractivity contribution in [1.82, 2.24) is 15.6 Å². The van der Waals surface area contributed by atoms with Crippen LogP contribution in [0.5, 0.6) is 0 Å². The Bertz CT molecular complexity index is 1270. The summed E-state index contributed by atoms with van der Waals surface area (Å²) >= 11 is 0. The van der Waals surface area contributed by atoms with E-state index in [1.807, 2.05) is 17.0 Å². The van der Waals surface area contributed by atoms with E-state index in [1.165, 1.54) is 0 Å². The Hall–Kier alpha value is -3.88. The van der Waals surface area contributed by atoms with Gasteiger partial charge in [0, 0.05) is 30.5 Å². The number of nitrogens with one attached hydrogen (secondary N) is 2. The summed E-state index contributed by atoms with van der Waals surface area (Å²) < 4.78 is 40.5.